The molecule has 7 heteroatoms. The largest absolute Gasteiger partial charge is 0.439 e. The van der Waals surface area contributed by atoms with Crippen LogP contribution in [0.5, 0.6) is 11.6 Å². The van der Waals surface area contributed by atoms with Crippen LogP contribution < -0.4 is 9.64 Å². The van der Waals surface area contributed by atoms with Crippen LogP contribution in [0.2, 0.25) is 0 Å². The molecule has 0 N–H and O–H groups in total. The van der Waals surface area contributed by atoms with Crippen molar-refractivity contribution < 1.29 is 13.9 Å². The van der Waals surface area contributed by atoms with Gasteiger partial charge in [0.15, 0.2) is 0 Å². The number of rotatable bonds is 4. The standard InChI is InChI=1S/C22H21FN4O2/c1-16-14-26(11-12-27(16)22(28)17-5-3-2-4-6-17)20-13-21(25-15-24-20)29-19-9-7-18(23)8-10-19/h2-10,13,15-16H,11-12,14H2,1H3/t16-/m0/s1. The Morgan fingerprint density at radius 2 is 1.83 bits per heavy atom. The maximum Gasteiger partial charge on any atom is 0.254 e. The minimum absolute atomic E-state index is 0.0351. The summed E-state index contributed by atoms with van der Waals surface area (Å²) in [4.78, 5) is 25.3. The molecule has 1 amide bonds. The molecule has 2 aromatic carbocycles. The molecule has 1 fully saturated rings. The molecular formula is C22H21FN4O2. The number of halogens is 1. The normalized spacial score (nSPS) is 16.6. The van der Waals surface area contributed by atoms with Gasteiger partial charge in [0, 0.05) is 37.3 Å². The number of hydrogen-bond acceptors (Lipinski definition) is 5. The molecule has 6 nitrogen and oxygen atoms in total. The number of amides is 1. The molecular weight excluding hydrogens is 371 g/mol. The lowest BCUT2D eigenvalue weighted by Crippen LogP contribution is -2.54. The number of hydrogen-bond donors (Lipinski definition) is 0. The molecule has 1 atom stereocenters. The van der Waals surface area contributed by atoms with E-state index in [-0.39, 0.29) is 17.8 Å². The molecule has 2 heterocycles. The van der Waals surface area contributed by atoms with E-state index in [1.165, 1.54) is 18.5 Å². The second-order valence-corrected chi connectivity index (χ2v) is 6.93. The first-order valence-electron chi connectivity index (χ1n) is 9.46. The van der Waals surface area contributed by atoms with E-state index in [9.17, 15) is 9.18 Å². The second kappa shape index (κ2) is 8.26. The van der Waals surface area contributed by atoms with Crippen molar-refractivity contribution in [2.45, 2.75) is 13.0 Å². The maximum absolute atomic E-state index is 13.1. The van der Waals surface area contributed by atoms with Crippen molar-refractivity contribution in [1.82, 2.24) is 14.9 Å². The van der Waals surface area contributed by atoms with Crippen molar-refractivity contribution in [1.29, 1.82) is 0 Å². The van der Waals surface area contributed by atoms with Gasteiger partial charge in [0.2, 0.25) is 5.88 Å². The van der Waals surface area contributed by atoms with Gasteiger partial charge in [0.1, 0.15) is 23.7 Å². The topological polar surface area (TPSA) is 58.6 Å². The predicted octanol–water partition coefficient (Wildman–Crippen LogP) is 3.76. The highest BCUT2D eigenvalue weighted by Gasteiger charge is 2.28. The van der Waals surface area contributed by atoms with Gasteiger partial charge in [-0.2, -0.15) is 0 Å². The Kier molecular flexibility index (Phi) is 5.37. The molecule has 1 aliphatic heterocycles. The third-order valence-electron chi connectivity index (χ3n) is 4.90. The Labute approximate surface area is 168 Å². The number of piperazine rings is 1. The highest BCUT2D eigenvalue weighted by Crippen LogP contribution is 2.24. The van der Waals surface area contributed by atoms with Crippen molar-refractivity contribution in [2.75, 3.05) is 24.5 Å². The van der Waals surface area contributed by atoms with Crippen molar-refractivity contribution in [3.8, 4) is 11.6 Å². The van der Waals surface area contributed by atoms with Gasteiger partial charge in [0.25, 0.3) is 5.91 Å². The highest BCUT2D eigenvalue weighted by atomic mass is 19.1. The zero-order valence-corrected chi connectivity index (χ0v) is 16.0. The molecule has 1 aliphatic rings. The zero-order valence-electron chi connectivity index (χ0n) is 16.0. The van der Waals surface area contributed by atoms with Crippen LogP contribution in [0, 0.1) is 5.82 Å². The third kappa shape index (κ3) is 4.34. The maximum atomic E-state index is 13.1. The van der Waals surface area contributed by atoms with Crippen LogP contribution in [0.1, 0.15) is 17.3 Å². The lowest BCUT2D eigenvalue weighted by Gasteiger charge is -2.40. The van der Waals surface area contributed by atoms with Crippen LogP contribution in [0.4, 0.5) is 10.2 Å². The van der Waals surface area contributed by atoms with Crippen LogP contribution in [0.3, 0.4) is 0 Å². The van der Waals surface area contributed by atoms with Crippen LogP contribution in [0.15, 0.2) is 67.0 Å². The summed E-state index contributed by atoms with van der Waals surface area (Å²) in [6.07, 6.45) is 1.44. The van der Waals surface area contributed by atoms with Crippen molar-refractivity contribution >= 4 is 11.7 Å². The lowest BCUT2D eigenvalue weighted by atomic mass is 10.1. The number of nitrogens with zero attached hydrogens (tertiary/aromatic N) is 4. The van der Waals surface area contributed by atoms with Gasteiger partial charge >= 0.3 is 0 Å². The SMILES string of the molecule is C[C@H]1CN(c2cc(Oc3ccc(F)cc3)ncn2)CCN1C(=O)c1ccccc1. The molecule has 148 valence electrons. The monoisotopic (exact) mass is 392 g/mol. The average molecular weight is 392 g/mol. The minimum atomic E-state index is -0.322. The van der Waals surface area contributed by atoms with Crippen molar-refractivity contribution in [3.05, 3.63) is 78.4 Å². The van der Waals surface area contributed by atoms with E-state index in [0.717, 1.165) is 5.82 Å². The van der Waals surface area contributed by atoms with E-state index in [0.29, 0.717) is 36.8 Å². The summed E-state index contributed by atoms with van der Waals surface area (Å²) in [7, 11) is 0. The van der Waals surface area contributed by atoms with E-state index in [2.05, 4.69) is 14.9 Å². The average Bonchev–Trinajstić information content (AvgIpc) is 2.76. The minimum Gasteiger partial charge on any atom is -0.439 e. The van der Waals surface area contributed by atoms with Crippen LogP contribution in [0.25, 0.3) is 0 Å². The quantitative estimate of drug-likeness (QED) is 0.677. The summed E-state index contributed by atoms with van der Waals surface area (Å²) in [6.45, 7) is 3.96. The first-order valence-corrected chi connectivity index (χ1v) is 9.46. The molecule has 0 radical (unpaired) electrons. The second-order valence-electron chi connectivity index (χ2n) is 6.93. The van der Waals surface area contributed by atoms with Gasteiger partial charge in [-0.3, -0.25) is 4.79 Å². The molecule has 3 aromatic rings. The summed E-state index contributed by atoms with van der Waals surface area (Å²) in [5.74, 6) is 1.34. The first-order chi connectivity index (χ1) is 14.1. The smallest absolute Gasteiger partial charge is 0.254 e. The lowest BCUT2D eigenvalue weighted by molar-refractivity contribution is 0.0673. The van der Waals surface area contributed by atoms with Crippen LogP contribution >= 0.6 is 0 Å². The molecule has 4 rings (SSSR count). The fraction of sp³-hybridized carbons (Fsp3) is 0.227. The molecule has 0 bridgehead atoms. The van der Waals surface area contributed by atoms with E-state index in [1.54, 1.807) is 18.2 Å². The number of benzene rings is 2. The fourth-order valence-electron chi connectivity index (χ4n) is 3.40. The molecule has 0 spiro atoms. The molecule has 29 heavy (non-hydrogen) atoms. The summed E-state index contributed by atoms with van der Waals surface area (Å²) < 4.78 is 18.7. The summed E-state index contributed by atoms with van der Waals surface area (Å²) in [6, 6.07) is 16.9. The van der Waals surface area contributed by atoms with Gasteiger partial charge in [-0.1, -0.05) is 18.2 Å². The zero-order chi connectivity index (χ0) is 20.2. The molecule has 1 aromatic heterocycles. The van der Waals surface area contributed by atoms with Gasteiger partial charge in [-0.25, -0.2) is 14.4 Å². The Morgan fingerprint density at radius 1 is 1.07 bits per heavy atom. The highest BCUT2D eigenvalue weighted by molar-refractivity contribution is 5.94. The van der Waals surface area contributed by atoms with E-state index < -0.39 is 0 Å². The van der Waals surface area contributed by atoms with E-state index in [1.807, 2.05) is 42.2 Å². The number of carbonyl (C=O) groups is 1. The number of aromatic nitrogens is 2. The third-order valence-corrected chi connectivity index (χ3v) is 4.90. The van der Waals surface area contributed by atoms with Gasteiger partial charge in [-0.15, -0.1) is 0 Å². The molecule has 1 saturated heterocycles. The Balaban J connectivity index is 1.44. The molecule has 0 aliphatic carbocycles. The molecule has 0 unspecified atom stereocenters. The fourth-order valence-corrected chi connectivity index (χ4v) is 3.40. The number of ether oxygens (including phenoxy) is 1. The van der Waals surface area contributed by atoms with Crippen LogP contribution in [-0.2, 0) is 0 Å². The van der Waals surface area contributed by atoms with E-state index in [4.69, 9.17) is 4.74 Å². The van der Waals surface area contributed by atoms with Gasteiger partial charge in [0.05, 0.1) is 0 Å². The van der Waals surface area contributed by atoms with Crippen molar-refractivity contribution in [2.24, 2.45) is 0 Å². The number of anilines is 1. The summed E-state index contributed by atoms with van der Waals surface area (Å²) >= 11 is 0. The van der Waals surface area contributed by atoms with Gasteiger partial charge in [-0.05, 0) is 43.3 Å². The Hall–Kier alpha value is -3.48. The Morgan fingerprint density at radius 3 is 2.55 bits per heavy atom. The van der Waals surface area contributed by atoms with Crippen molar-refractivity contribution in [3.63, 3.8) is 0 Å². The first kappa shape index (κ1) is 18.9. The van der Waals surface area contributed by atoms with Crippen LogP contribution in [-0.4, -0.2) is 46.5 Å². The van der Waals surface area contributed by atoms with Gasteiger partial charge < -0.3 is 14.5 Å². The van der Waals surface area contributed by atoms with E-state index >= 15 is 0 Å². The Bertz CT molecular complexity index is 982. The number of carbonyl (C=O) groups excluding carboxylic acids is 1. The molecule has 0 saturated carbocycles. The summed E-state index contributed by atoms with van der Waals surface area (Å²) in [5, 5.41) is 0. The predicted molar refractivity (Wildman–Crippen MR) is 108 cm³/mol. The summed E-state index contributed by atoms with van der Waals surface area (Å²) in [5.41, 5.74) is 0.699.